The molecule has 1 aromatic carbocycles. The molecule has 0 atom stereocenters. The third-order valence-corrected chi connectivity index (χ3v) is 5.62. The summed E-state index contributed by atoms with van der Waals surface area (Å²) in [6.45, 7) is 9.43. The predicted octanol–water partition coefficient (Wildman–Crippen LogP) is 1.94. The second kappa shape index (κ2) is 9.82. The highest BCUT2D eigenvalue weighted by atomic mass is 16.6. The van der Waals surface area contributed by atoms with E-state index in [0.717, 1.165) is 0 Å². The molecule has 1 fully saturated rings. The number of benzene rings is 1. The molecule has 0 saturated carbocycles. The second-order valence-corrected chi connectivity index (χ2v) is 9.82. The number of carbonyl (C=O) groups is 5. The van der Waals surface area contributed by atoms with Gasteiger partial charge in [0.05, 0.1) is 11.1 Å². The first kappa shape index (κ1) is 25.2. The highest BCUT2D eigenvalue weighted by Gasteiger charge is 2.38. The van der Waals surface area contributed by atoms with Crippen molar-refractivity contribution >= 4 is 29.7 Å². The maximum absolute atomic E-state index is 13.0. The van der Waals surface area contributed by atoms with Crippen molar-refractivity contribution in [2.45, 2.75) is 65.1 Å². The molecule has 1 saturated heterocycles. The van der Waals surface area contributed by atoms with Crippen LogP contribution in [0.1, 0.15) is 78.5 Å². The lowest BCUT2D eigenvalue weighted by atomic mass is 10.0. The average molecular weight is 473 g/mol. The van der Waals surface area contributed by atoms with Crippen LogP contribution in [-0.2, 0) is 9.53 Å². The van der Waals surface area contributed by atoms with E-state index < -0.39 is 11.7 Å². The Morgan fingerprint density at radius 3 is 2.26 bits per heavy atom. The third kappa shape index (κ3) is 5.73. The fourth-order valence-electron chi connectivity index (χ4n) is 4.02. The van der Waals surface area contributed by atoms with Gasteiger partial charge in [-0.25, -0.2) is 4.79 Å². The smallest absolute Gasteiger partial charge is 0.408 e. The largest absolute Gasteiger partial charge is 0.444 e. The van der Waals surface area contributed by atoms with Crippen LogP contribution in [0.4, 0.5) is 4.79 Å². The molecule has 10 heteroatoms. The molecule has 0 bridgehead atoms. The Morgan fingerprint density at radius 2 is 1.68 bits per heavy atom. The number of hydrogen-bond donors (Lipinski definition) is 2. The van der Waals surface area contributed by atoms with Crippen molar-refractivity contribution in [2.75, 3.05) is 19.6 Å². The number of nitrogens with one attached hydrogen (secondary N) is 2. The zero-order valence-corrected chi connectivity index (χ0v) is 20.3. The lowest BCUT2D eigenvalue weighted by Crippen LogP contribution is -2.49. The molecule has 0 unspecified atom stereocenters. The minimum atomic E-state index is -0.658. The Kier molecular flexibility index (Phi) is 7.28. The summed E-state index contributed by atoms with van der Waals surface area (Å²) in [5.74, 6) is -1.27. The van der Waals surface area contributed by atoms with E-state index in [4.69, 9.17) is 4.74 Å². The topological polar surface area (TPSA) is 125 Å². The van der Waals surface area contributed by atoms with Gasteiger partial charge in [-0.15, -0.1) is 0 Å². The molecule has 2 heterocycles. The minimum absolute atomic E-state index is 0.115. The lowest BCUT2D eigenvalue weighted by Gasteiger charge is -2.32. The zero-order valence-electron chi connectivity index (χ0n) is 20.3. The molecule has 5 amide bonds. The van der Waals surface area contributed by atoms with Gasteiger partial charge in [-0.05, 0) is 65.7 Å². The normalized spacial score (nSPS) is 16.5. The summed E-state index contributed by atoms with van der Waals surface area (Å²) in [6, 6.07) is 4.23. The monoisotopic (exact) mass is 472 g/mol. The highest BCUT2D eigenvalue weighted by Crippen LogP contribution is 2.26. The van der Waals surface area contributed by atoms with Gasteiger partial charge in [0.15, 0.2) is 0 Å². The first-order chi connectivity index (χ1) is 15.9. The van der Waals surface area contributed by atoms with Crippen LogP contribution in [0.25, 0.3) is 0 Å². The SMILES string of the molecule is CC(C)N1C(=O)c2ccc(C(=O)N3CCC(NC(=O)CNC(=O)OC(C)(C)C)CC3)cc2C1=O. The van der Waals surface area contributed by atoms with Crippen LogP contribution in [0.15, 0.2) is 18.2 Å². The molecule has 0 aliphatic carbocycles. The van der Waals surface area contributed by atoms with Crippen LogP contribution < -0.4 is 10.6 Å². The van der Waals surface area contributed by atoms with Gasteiger partial charge in [0.1, 0.15) is 12.1 Å². The minimum Gasteiger partial charge on any atom is -0.444 e. The maximum Gasteiger partial charge on any atom is 0.408 e. The number of nitrogens with zero attached hydrogens (tertiary/aromatic N) is 2. The van der Waals surface area contributed by atoms with Gasteiger partial charge >= 0.3 is 6.09 Å². The number of amides is 5. The molecule has 2 N–H and O–H groups in total. The van der Waals surface area contributed by atoms with E-state index in [1.165, 1.54) is 17.0 Å². The number of alkyl carbamates (subject to hydrolysis) is 1. The van der Waals surface area contributed by atoms with Gasteiger partial charge in [0.25, 0.3) is 17.7 Å². The van der Waals surface area contributed by atoms with Gasteiger partial charge in [0, 0.05) is 30.7 Å². The summed E-state index contributed by atoms with van der Waals surface area (Å²) in [5, 5.41) is 5.28. The number of likely N-dealkylation sites (tertiary alicyclic amines) is 1. The van der Waals surface area contributed by atoms with Gasteiger partial charge in [0.2, 0.25) is 5.91 Å². The molecule has 2 aliphatic heterocycles. The van der Waals surface area contributed by atoms with Crippen LogP contribution in [0.3, 0.4) is 0 Å². The summed E-state index contributed by atoms with van der Waals surface area (Å²) in [6.07, 6.45) is 0.468. The molecular weight excluding hydrogens is 440 g/mol. The molecular formula is C24H32N4O6. The molecule has 0 spiro atoms. The van der Waals surface area contributed by atoms with E-state index in [1.54, 1.807) is 45.6 Å². The molecule has 184 valence electrons. The van der Waals surface area contributed by atoms with E-state index in [0.29, 0.717) is 37.1 Å². The van der Waals surface area contributed by atoms with Crippen LogP contribution in [-0.4, -0.2) is 76.8 Å². The number of fused-ring (bicyclic) bond motifs is 1. The van der Waals surface area contributed by atoms with Gasteiger partial charge in [-0.3, -0.25) is 24.1 Å². The fraction of sp³-hybridized carbons (Fsp3) is 0.542. The lowest BCUT2D eigenvalue weighted by molar-refractivity contribution is -0.121. The Morgan fingerprint density at radius 1 is 1.06 bits per heavy atom. The van der Waals surface area contributed by atoms with Crippen molar-refractivity contribution in [1.82, 2.24) is 20.4 Å². The van der Waals surface area contributed by atoms with E-state index in [2.05, 4.69) is 10.6 Å². The molecule has 34 heavy (non-hydrogen) atoms. The first-order valence-corrected chi connectivity index (χ1v) is 11.4. The van der Waals surface area contributed by atoms with Crippen LogP contribution in [0.2, 0.25) is 0 Å². The number of piperidine rings is 1. The first-order valence-electron chi connectivity index (χ1n) is 11.4. The standard InChI is InChI=1S/C24H32N4O6/c1-14(2)28-21(31)17-7-6-15(12-18(17)22(28)32)20(30)27-10-8-16(9-11-27)26-19(29)13-25-23(33)34-24(3,4)5/h6-7,12,14,16H,8-11,13H2,1-5H3,(H,25,33)(H,26,29). The number of imide groups is 1. The van der Waals surface area contributed by atoms with E-state index in [9.17, 15) is 24.0 Å². The Hall–Kier alpha value is -3.43. The summed E-state index contributed by atoms with van der Waals surface area (Å²) in [4.78, 5) is 64.7. The summed E-state index contributed by atoms with van der Waals surface area (Å²) in [7, 11) is 0. The van der Waals surface area contributed by atoms with Crippen LogP contribution >= 0.6 is 0 Å². The average Bonchev–Trinajstić information content (AvgIpc) is 3.01. The Bertz CT molecular complexity index is 1010. The molecule has 0 radical (unpaired) electrons. The van der Waals surface area contributed by atoms with Crippen molar-refractivity contribution in [3.05, 3.63) is 34.9 Å². The fourth-order valence-corrected chi connectivity index (χ4v) is 4.02. The molecule has 2 aliphatic rings. The van der Waals surface area contributed by atoms with Gasteiger partial charge < -0.3 is 20.3 Å². The summed E-state index contributed by atoms with van der Waals surface area (Å²) in [5.41, 5.74) is 0.283. The van der Waals surface area contributed by atoms with Crippen molar-refractivity contribution in [1.29, 1.82) is 0 Å². The van der Waals surface area contributed by atoms with Crippen LogP contribution in [0.5, 0.6) is 0 Å². The van der Waals surface area contributed by atoms with Crippen molar-refractivity contribution in [2.24, 2.45) is 0 Å². The summed E-state index contributed by atoms with van der Waals surface area (Å²) >= 11 is 0. The predicted molar refractivity (Wildman–Crippen MR) is 123 cm³/mol. The van der Waals surface area contributed by atoms with Gasteiger partial charge in [-0.1, -0.05) is 0 Å². The second-order valence-electron chi connectivity index (χ2n) is 9.82. The molecule has 0 aromatic heterocycles. The van der Waals surface area contributed by atoms with E-state index >= 15 is 0 Å². The van der Waals surface area contributed by atoms with Crippen molar-refractivity contribution in [3.8, 4) is 0 Å². The Labute approximate surface area is 199 Å². The quantitative estimate of drug-likeness (QED) is 0.631. The van der Waals surface area contributed by atoms with Gasteiger partial charge in [-0.2, -0.15) is 0 Å². The van der Waals surface area contributed by atoms with Crippen molar-refractivity contribution in [3.63, 3.8) is 0 Å². The Balaban J connectivity index is 1.51. The van der Waals surface area contributed by atoms with E-state index in [-0.39, 0.29) is 47.8 Å². The third-order valence-electron chi connectivity index (χ3n) is 5.62. The van der Waals surface area contributed by atoms with Crippen molar-refractivity contribution < 1.29 is 28.7 Å². The summed E-state index contributed by atoms with van der Waals surface area (Å²) < 4.78 is 5.10. The maximum atomic E-state index is 13.0. The zero-order chi connectivity index (χ0) is 25.2. The van der Waals surface area contributed by atoms with E-state index in [1.807, 2.05) is 0 Å². The molecule has 3 rings (SSSR count). The number of carbonyl (C=O) groups excluding carboxylic acids is 5. The highest BCUT2D eigenvalue weighted by molar-refractivity contribution is 6.22. The number of rotatable bonds is 5. The number of hydrogen-bond acceptors (Lipinski definition) is 6. The van der Waals surface area contributed by atoms with Crippen LogP contribution in [0, 0.1) is 0 Å². The molecule has 10 nitrogen and oxygen atoms in total. The number of ether oxygens (including phenoxy) is 1. The molecule has 1 aromatic rings.